The smallest absolute Gasteiger partial charge is 0.128 e. The Morgan fingerprint density at radius 1 is 1.04 bits per heavy atom. The van der Waals surface area contributed by atoms with E-state index in [1.807, 2.05) is 37.2 Å². The molecule has 0 aliphatic rings. The first kappa shape index (κ1) is 16.3. The second-order valence-corrected chi connectivity index (χ2v) is 6.04. The summed E-state index contributed by atoms with van der Waals surface area (Å²) in [6.45, 7) is 1.05. The van der Waals surface area contributed by atoms with Gasteiger partial charge in [-0.05, 0) is 43.9 Å². The quantitative estimate of drug-likeness (QED) is 0.762. The van der Waals surface area contributed by atoms with E-state index in [-0.39, 0.29) is 11.6 Å². The number of fused-ring (bicyclic) bond motifs is 1. The van der Waals surface area contributed by atoms with Crippen molar-refractivity contribution in [2.45, 2.75) is 13.1 Å². The number of hydrogen-bond acceptors (Lipinski definition) is 3. The minimum atomic E-state index is -0.314. The number of rotatable bonds is 5. The van der Waals surface area contributed by atoms with Crippen LogP contribution in [-0.2, 0) is 13.1 Å². The van der Waals surface area contributed by atoms with Crippen LogP contribution in [0.5, 0.6) is 0 Å². The van der Waals surface area contributed by atoms with E-state index in [4.69, 9.17) is 0 Å². The first-order valence-corrected chi connectivity index (χ1v) is 7.73. The lowest BCUT2D eigenvalue weighted by molar-refractivity contribution is 0.392. The molecular formula is C19H19F2N3. The minimum absolute atomic E-state index is 0.204. The van der Waals surface area contributed by atoms with Crippen molar-refractivity contribution in [3.63, 3.8) is 0 Å². The third-order valence-electron chi connectivity index (χ3n) is 3.79. The highest BCUT2D eigenvalue weighted by molar-refractivity contribution is 5.90. The highest BCUT2D eigenvalue weighted by Gasteiger charge is 2.06. The summed E-state index contributed by atoms with van der Waals surface area (Å²) in [4.78, 5) is 6.10. The zero-order valence-electron chi connectivity index (χ0n) is 13.7. The van der Waals surface area contributed by atoms with Gasteiger partial charge in [0.2, 0.25) is 0 Å². The largest absolute Gasteiger partial charge is 0.380 e. The topological polar surface area (TPSA) is 28.2 Å². The van der Waals surface area contributed by atoms with Crippen LogP contribution in [0.15, 0.2) is 48.7 Å². The van der Waals surface area contributed by atoms with Gasteiger partial charge in [0.15, 0.2) is 0 Å². The molecule has 5 heteroatoms. The number of nitrogens with one attached hydrogen (secondary N) is 1. The molecule has 0 unspecified atom stereocenters. The SMILES string of the molecule is CN(C)Cc1ccc(CNc2ccnc3cc(F)ccc23)cc1F. The van der Waals surface area contributed by atoms with Gasteiger partial charge < -0.3 is 10.2 Å². The third kappa shape index (κ3) is 3.68. The zero-order chi connectivity index (χ0) is 17.1. The Morgan fingerprint density at radius 3 is 2.62 bits per heavy atom. The van der Waals surface area contributed by atoms with Crippen LogP contribution >= 0.6 is 0 Å². The molecule has 24 heavy (non-hydrogen) atoms. The van der Waals surface area contributed by atoms with Crippen LogP contribution in [0.1, 0.15) is 11.1 Å². The van der Waals surface area contributed by atoms with Crippen molar-refractivity contribution in [1.29, 1.82) is 0 Å². The van der Waals surface area contributed by atoms with Crippen LogP contribution in [0.3, 0.4) is 0 Å². The van der Waals surface area contributed by atoms with Crippen LogP contribution in [0.2, 0.25) is 0 Å². The number of nitrogens with zero attached hydrogens (tertiary/aromatic N) is 2. The lowest BCUT2D eigenvalue weighted by atomic mass is 10.1. The number of halogens is 2. The van der Waals surface area contributed by atoms with Crippen molar-refractivity contribution in [2.75, 3.05) is 19.4 Å². The average Bonchev–Trinajstić information content (AvgIpc) is 2.54. The van der Waals surface area contributed by atoms with E-state index < -0.39 is 0 Å². The maximum absolute atomic E-state index is 14.1. The van der Waals surface area contributed by atoms with Crippen molar-refractivity contribution >= 4 is 16.6 Å². The van der Waals surface area contributed by atoms with Crippen LogP contribution in [-0.4, -0.2) is 24.0 Å². The Hall–Kier alpha value is -2.53. The van der Waals surface area contributed by atoms with Crippen molar-refractivity contribution in [3.8, 4) is 0 Å². The normalized spacial score (nSPS) is 11.2. The van der Waals surface area contributed by atoms with Gasteiger partial charge in [0, 0.05) is 42.0 Å². The molecule has 0 aliphatic carbocycles. The molecule has 0 fully saturated rings. The summed E-state index contributed by atoms with van der Waals surface area (Å²) in [5, 5.41) is 4.11. The van der Waals surface area contributed by atoms with Crippen molar-refractivity contribution < 1.29 is 8.78 Å². The molecule has 0 saturated heterocycles. The highest BCUT2D eigenvalue weighted by Crippen LogP contribution is 2.23. The van der Waals surface area contributed by atoms with E-state index in [9.17, 15) is 8.78 Å². The highest BCUT2D eigenvalue weighted by atomic mass is 19.1. The fraction of sp³-hybridized carbons (Fsp3) is 0.211. The number of pyridine rings is 1. The summed E-state index contributed by atoms with van der Waals surface area (Å²) in [5.74, 6) is -0.518. The van der Waals surface area contributed by atoms with Gasteiger partial charge in [-0.25, -0.2) is 8.78 Å². The maximum atomic E-state index is 14.1. The molecule has 0 bridgehead atoms. The fourth-order valence-corrected chi connectivity index (χ4v) is 2.64. The molecule has 0 atom stereocenters. The van der Waals surface area contributed by atoms with Gasteiger partial charge in [0.1, 0.15) is 11.6 Å². The second kappa shape index (κ2) is 6.93. The molecular weight excluding hydrogens is 308 g/mol. The molecule has 0 spiro atoms. The molecule has 0 radical (unpaired) electrons. The molecule has 0 saturated carbocycles. The molecule has 3 aromatic rings. The predicted octanol–water partition coefficient (Wildman–Crippen LogP) is 4.19. The van der Waals surface area contributed by atoms with Crippen molar-refractivity contribution in [2.24, 2.45) is 0 Å². The van der Waals surface area contributed by atoms with Crippen molar-refractivity contribution in [1.82, 2.24) is 9.88 Å². The molecule has 1 N–H and O–H groups in total. The number of benzene rings is 2. The van der Waals surface area contributed by atoms with E-state index >= 15 is 0 Å². The lowest BCUT2D eigenvalue weighted by Crippen LogP contribution is -2.12. The van der Waals surface area contributed by atoms with Gasteiger partial charge in [-0.1, -0.05) is 12.1 Å². The standard InChI is InChI=1S/C19H19F2N3/c1-24(2)12-14-4-3-13(9-17(14)21)11-23-18-7-8-22-19-10-15(20)5-6-16(18)19/h3-10H,11-12H2,1-2H3,(H,22,23). The van der Waals surface area contributed by atoms with E-state index in [2.05, 4.69) is 10.3 Å². The summed E-state index contributed by atoms with van der Waals surface area (Å²) in [6, 6.07) is 11.6. The Kier molecular flexibility index (Phi) is 4.71. The summed E-state index contributed by atoms with van der Waals surface area (Å²) in [7, 11) is 3.82. The van der Waals surface area contributed by atoms with Crippen LogP contribution in [0.4, 0.5) is 14.5 Å². The maximum Gasteiger partial charge on any atom is 0.128 e. The summed E-state index contributed by atoms with van der Waals surface area (Å²) >= 11 is 0. The van der Waals surface area contributed by atoms with Crippen LogP contribution in [0.25, 0.3) is 10.9 Å². The van der Waals surface area contributed by atoms with Crippen molar-refractivity contribution in [3.05, 3.63) is 71.4 Å². The lowest BCUT2D eigenvalue weighted by Gasteiger charge is -2.13. The fourth-order valence-electron chi connectivity index (χ4n) is 2.64. The van der Waals surface area contributed by atoms with Gasteiger partial charge >= 0.3 is 0 Å². The number of hydrogen-bond donors (Lipinski definition) is 1. The first-order valence-electron chi connectivity index (χ1n) is 7.73. The van der Waals surface area contributed by atoms with Crippen LogP contribution < -0.4 is 5.32 Å². The molecule has 2 aromatic carbocycles. The molecule has 3 rings (SSSR count). The summed E-state index contributed by atoms with van der Waals surface area (Å²) < 4.78 is 27.4. The Bertz CT molecular complexity index is 862. The predicted molar refractivity (Wildman–Crippen MR) is 92.8 cm³/mol. The van der Waals surface area contributed by atoms with Gasteiger partial charge in [-0.2, -0.15) is 0 Å². The molecule has 1 aromatic heterocycles. The zero-order valence-corrected chi connectivity index (χ0v) is 13.7. The molecule has 124 valence electrons. The second-order valence-electron chi connectivity index (χ2n) is 6.04. The summed E-state index contributed by atoms with van der Waals surface area (Å²) in [6.07, 6.45) is 1.63. The number of aromatic nitrogens is 1. The summed E-state index contributed by atoms with van der Waals surface area (Å²) in [5.41, 5.74) is 2.96. The average molecular weight is 327 g/mol. The third-order valence-corrected chi connectivity index (χ3v) is 3.79. The first-order chi connectivity index (χ1) is 11.5. The van der Waals surface area contributed by atoms with E-state index in [1.54, 1.807) is 18.3 Å². The molecule has 3 nitrogen and oxygen atoms in total. The van der Waals surface area contributed by atoms with Gasteiger partial charge in [0.05, 0.1) is 5.52 Å². The Labute approximate surface area is 139 Å². The molecule has 1 heterocycles. The Morgan fingerprint density at radius 2 is 1.88 bits per heavy atom. The van der Waals surface area contributed by atoms with Crippen LogP contribution in [0, 0.1) is 11.6 Å². The van der Waals surface area contributed by atoms with E-state index in [1.165, 1.54) is 12.1 Å². The number of anilines is 1. The Balaban J connectivity index is 1.78. The molecule has 0 aliphatic heterocycles. The molecule has 0 amide bonds. The minimum Gasteiger partial charge on any atom is -0.380 e. The monoisotopic (exact) mass is 327 g/mol. The van der Waals surface area contributed by atoms with E-state index in [0.717, 1.165) is 16.6 Å². The van der Waals surface area contributed by atoms with Gasteiger partial charge in [0.25, 0.3) is 0 Å². The van der Waals surface area contributed by atoms with E-state index in [0.29, 0.717) is 24.2 Å². The van der Waals surface area contributed by atoms with Gasteiger partial charge in [-0.3, -0.25) is 4.98 Å². The van der Waals surface area contributed by atoms with Gasteiger partial charge in [-0.15, -0.1) is 0 Å².